The third-order valence-corrected chi connectivity index (χ3v) is 15.3. The molecule has 2 bridgehead atoms. The van der Waals surface area contributed by atoms with Crippen molar-refractivity contribution in [1.82, 2.24) is 51.0 Å². The number of nitrogens with zero attached hydrogens (tertiary/aromatic N) is 7. The molecule has 0 radical (unpaired) electrons. The van der Waals surface area contributed by atoms with Gasteiger partial charge in [0, 0.05) is 79.5 Å². The third kappa shape index (κ3) is 13.8. The van der Waals surface area contributed by atoms with E-state index in [1.54, 1.807) is 12.4 Å². The molecule has 5 heterocycles. The number of aromatic nitrogens is 4. The van der Waals surface area contributed by atoms with E-state index in [1.165, 1.54) is 29.6 Å². The lowest BCUT2D eigenvalue weighted by atomic mass is 9.82. The minimum absolute atomic E-state index is 0.195. The van der Waals surface area contributed by atoms with E-state index in [4.69, 9.17) is 4.74 Å². The summed E-state index contributed by atoms with van der Waals surface area (Å²) in [7, 11) is 0. The van der Waals surface area contributed by atoms with Crippen LogP contribution < -0.4 is 26.3 Å². The lowest BCUT2D eigenvalue weighted by molar-refractivity contribution is -0.221. The molecule has 4 amide bonds. The molecular formula is C53H59F10N11O7. The zero-order valence-corrected chi connectivity index (χ0v) is 44.1. The molecule has 81 heavy (non-hydrogen) atoms. The molecule has 1 aliphatic carbocycles. The molecule has 6 atom stereocenters. The van der Waals surface area contributed by atoms with Crippen LogP contribution in [0, 0.1) is 40.2 Å². The summed E-state index contributed by atoms with van der Waals surface area (Å²) in [6.45, 7) is -0.118. The largest absolute Gasteiger partial charge is 0.465 e. The van der Waals surface area contributed by atoms with Gasteiger partial charge in [-0.2, -0.15) is 40.2 Å². The van der Waals surface area contributed by atoms with Gasteiger partial charge in [0.1, 0.15) is 23.7 Å². The number of anilines is 1. The van der Waals surface area contributed by atoms with Gasteiger partial charge in [-0.05, 0) is 95.7 Å². The van der Waals surface area contributed by atoms with Gasteiger partial charge >= 0.3 is 25.0 Å². The highest BCUT2D eigenvalue weighted by molar-refractivity contribution is 5.90. The number of ether oxygens (including phenoxy) is 1. The van der Waals surface area contributed by atoms with Crippen LogP contribution in [0.25, 0.3) is 11.3 Å². The Morgan fingerprint density at radius 3 is 1.85 bits per heavy atom. The number of carbonyl (C=O) groups excluding carboxylic acids is 3. The highest BCUT2D eigenvalue weighted by atomic mass is 19.4. The number of benzene rings is 2. The van der Waals surface area contributed by atoms with E-state index < -0.39 is 120 Å². The second kappa shape index (κ2) is 23.8. The quantitative estimate of drug-likeness (QED) is 0.0336. The van der Waals surface area contributed by atoms with E-state index in [-0.39, 0.29) is 21.5 Å². The van der Waals surface area contributed by atoms with Crippen LogP contribution in [0.1, 0.15) is 82.2 Å². The van der Waals surface area contributed by atoms with Crippen molar-refractivity contribution in [1.29, 1.82) is 0 Å². The van der Waals surface area contributed by atoms with E-state index in [0.29, 0.717) is 92.9 Å². The molecule has 3 saturated heterocycles. The number of amides is 4. The maximum atomic E-state index is 16.0. The van der Waals surface area contributed by atoms with Gasteiger partial charge in [0.25, 0.3) is 5.91 Å². The monoisotopic (exact) mass is 1150 g/mol. The fraction of sp³-hybridized carbons (Fsp3) is 0.528. The standard InChI is InChI=1S/C53H59F10N11O7/c1-50(2,52(58,59)60)42(67-44(76)31-11-12-31)45(77)66-40(17-29-8-5-28(6-9-29)7-10-30-20-64-48(65-21-30)71-22-33-13-14-34(23-71)74(33)35-26-81-27-35)41(75)25-72(70-46(78)43(68-49(79)80)51(3,4)53(61,62)63)24-36-37(54)18-32(19-38(36)55)39-15-16-73(69-39)47(56)57/h5-6,8-9,15-16,18-21,31,33-35,40-43,47,68,75H,11-14,17,22-27H2,1-4H3,(H,66,77)(H,67,76)(H,70,78)(H,79,80). The van der Waals surface area contributed by atoms with Gasteiger partial charge in [-0.15, -0.1) is 0 Å². The second-order valence-corrected chi connectivity index (χ2v) is 21.8. The fourth-order valence-electron chi connectivity index (χ4n) is 9.93. The van der Waals surface area contributed by atoms with Crippen molar-refractivity contribution in [3.05, 3.63) is 94.9 Å². The molecule has 6 unspecified atom stereocenters. The first-order valence-electron chi connectivity index (χ1n) is 25.8. The number of rotatable bonds is 20. The smallest absolute Gasteiger partial charge is 0.405 e. The van der Waals surface area contributed by atoms with Crippen molar-refractivity contribution in [3.8, 4) is 23.1 Å². The average molecular weight is 1150 g/mol. The van der Waals surface area contributed by atoms with Crippen molar-refractivity contribution < 1.29 is 78.0 Å². The summed E-state index contributed by atoms with van der Waals surface area (Å²) >= 11 is 0. The Bertz CT molecular complexity index is 2960. The van der Waals surface area contributed by atoms with Crippen LogP contribution in [-0.4, -0.2) is 151 Å². The molecule has 4 fully saturated rings. The van der Waals surface area contributed by atoms with Crippen molar-refractivity contribution in [2.24, 2.45) is 16.7 Å². The predicted molar refractivity (Wildman–Crippen MR) is 268 cm³/mol. The SMILES string of the molecule is CC(C)(C(NC(=O)O)C(=O)NN(Cc1c(F)cc(-c2ccn(C(F)F)n2)cc1F)CC(O)C(Cc1ccc(C#Cc2cnc(N3CC4CCC(C3)N4C3COC3)nc2)cc1)NC(=O)C(NC(=O)C1CC1)C(C)(C)C(F)(F)F)C(F)(F)F. The number of aliphatic hydroxyl groups is 1. The normalized spacial score (nSPS) is 19.5. The Kier molecular flexibility index (Phi) is 17.6. The summed E-state index contributed by atoms with van der Waals surface area (Å²) in [4.78, 5) is 66.8. The molecule has 0 spiro atoms. The Labute approximate surface area is 457 Å². The topological polar surface area (TPSA) is 219 Å². The fourth-order valence-corrected chi connectivity index (χ4v) is 9.93. The maximum Gasteiger partial charge on any atom is 0.405 e. The molecule has 438 valence electrons. The van der Waals surface area contributed by atoms with Crippen molar-refractivity contribution >= 4 is 29.8 Å². The highest BCUT2D eigenvalue weighted by Crippen LogP contribution is 2.43. The van der Waals surface area contributed by atoms with Crippen molar-refractivity contribution in [2.75, 3.05) is 37.7 Å². The summed E-state index contributed by atoms with van der Waals surface area (Å²) in [5.74, 6) is -1.10. The number of halogens is 10. The number of hydrazine groups is 1. The van der Waals surface area contributed by atoms with Gasteiger partial charge in [-0.25, -0.2) is 33.2 Å². The van der Waals surface area contributed by atoms with Crippen LogP contribution in [0.15, 0.2) is 61.1 Å². The molecule has 18 nitrogen and oxygen atoms in total. The first-order chi connectivity index (χ1) is 38.0. The lowest BCUT2D eigenvalue weighted by Crippen LogP contribution is -2.63. The summed E-state index contributed by atoms with van der Waals surface area (Å²) in [6.07, 6.45) is -8.28. The van der Waals surface area contributed by atoms with E-state index in [2.05, 4.69) is 47.3 Å². The molecule has 4 aromatic rings. The van der Waals surface area contributed by atoms with Gasteiger partial charge < -0.3 is 35.8 Å². The number of aliphatic hydroxyl groups excluding tert-OH is 1. The van der Waals surface area contributed by atoms with Crippen LogP contribution in [-0.2, 0) is 32.1 Å². The zero-order chi connectivity index (χ0) is 58.9. The van der Waals surface area contributed by atoms with Crippen molar-refractivity contribution in [2.45, 2.75) is 128 Å². The van der Waals surface area contributed by atoms with E-state index in [9.17, 15) is 64.5 Å². The third-order valence-electron chi connectivity index (χ3n) is 15.3. The van der Waals surface area contributed by atoms with Crippen molar-refractivity contribution in [3.63, 3.8) is 0 Å². The number of piperazine rings is 1. The maximum absolute atomic E-state index is 16.0. The van der Waals surface area contributed by atoms with E-state index in [0.717, 1.165) is 51.4 Å². The predicted octanol–water partition coefficient (Wildman–Crippen LogP) is 6.09. The summed E-state index contributed by atoms with van der Waals surface area (Å²) < 4.78 is 152. The minimum atomic E-state index is -5.28. The molecule has 2 aromatic carbocycles. The number of fused-ring (bicyclic) bond motifs is 2. The van der Waals surface area contributed by atoms with Gasteiger partial charge in [0.2, 0.25) is 17.8 Å². The van der Waals surface area contributed by atoms with E-state index in [1.807, 2.05) is 5.43 Å². The number of alkyl halides is 8. The van der Waals surface area contributed by atoms with Crippen LogP contribution in [0.5, 0.6) is 0 Å². The average Bonchev–Trinajstić information content (AvgIpc) is 4.28. The Hall–Kier alpha value is -7.09. The molecule has 3 aliphatic heterocycles. The Morgan fingerprint density at radius 1 is 0.778 bits per heavy atom. The highest BCUT2D eigenvalue weighted by Gasteiger charge is 2.57. The number of carboxylic acid groups (broad SMARTS) is 1. The van der Waals surface area contributed by atoms with E-state index >= 15 is 8.78 Å². The molecular weight excluding hydrogens is 1090 g/mol. The van der Waals surface area contributed by atoms with Gasteiger partial charge in [0.05, 0.1) is 53.5 Å². The number of carbonyl (C=O) groups is 4. The van der Waals surface area contributed by atoms with Crippen LogP contribution >= 0.6 is 0 Å². The summed E-state index contributed by atoms with van der Waals surface area (Å²) in [5.41, 5.74) is -4.60. The number of nitrogens with one attached hydrogen (secondary N) is 4. The summed E-state index contributed by atoms with van der Waals surface area (Å²) in [5, 5.41) is 31.7. The Morgan fingerprint density at radius 2 is 1.35 bits per heavy atom. The van der Waals surface area contributed by atoms with Gasteiger partial charge in [-0.1, -0.05) is 24.0 Å². The molecule has 2 aromatic heterocycles. The Balaban J connectivity index is 1.07. The van der Waals surface area contributed by atoms with Crippen LogP contribution in [0.4, 0.5) is 54.6 Å². The molecule has 6 N–H and O–H groups in total. The second-order valence-electron chi connectivity index (χ2n) is 21.8. The molecule has 4 aliphatic rings. The van der Waals surface area contributed by atoms with Crippen LogP contribution in [0.2, 0.25) is 0 Å². The molecule has 8 rings (SSSR count). The van der Waals surface area contributed by atoms with Gasteiger partial charge in [0.15, 0.2) is 0 Å². The molecule has 28 heteroatoms. The number of hydrogen-bond acceptors (Lipinski definition) is 12. The number of hydrogen-bond donors (Lipinski definition) is 6. The lowest BCUT2D eigenvalue weighted by Gasteiger charge is -2.47. The van der Waals surface area contributed by atoms with Crippen LogP contribution in [0.3, 0.4) is 0 Å². The first kappa shape index (κ1) is 60.0. The minimum Gasteiger partial charge on any atom is -0.465 e. The summed E-state index contributed by atoms with van der Waals surface area (Å²) in [6, 6.07) is 2.80. The first-order valence-corrected chi connectivity index (χ1v) is 25.8. The molecule has 1 saturated carbocycles. The zero-order valence-electron chi connectivity index (χ0n) is 44.1. The van der Waals surface area contributed by atoms with Gasteiger partial charge in [-0.3, -0.25) is 24.7 Å².